The number of ether oxygens (including phenoxy) is 2. The third-order valence-electron chi connectivity index (χ3n) is 11.1. The van der Waals surface area contributed by atoms with E-state index in [9.17, 15) is 9.59 Å². The highest BCUT2D eigenvalue weighted by Crippen LogP contribution is 2.56. The van der Waals surface area contributed by atoms with E-state index in [-0.39, 0.29) is 22.4 Å². The molecule has 3 aromatic rings. The van der Waals surface area contributed by atoms with Crippen LogP contribution in [-0.4, -0.2) is 29.6 Å². The molecule has 0 N–H and O–H groups in total. The van der Waals surface area contributed by atoms with Crippen LogP contribution >= 0.6 is 11.6 Å². The fourth-order valence-corrected chi connectivity index (χ4v) is 9.21. The number of Topliss-reactive ketones (excluding diaryl/α,β-unsaturated/α-hetero) is 2. The zero-order chi connectivity index (χ0) is 34.0. The minimum absolute atomic E-state index is 0.137. The normalized spacial score (nSPS) is 21.4. The van der Waals surface area contributed by atoms with Gasteiger partial charge >= 0.3 is 0 Å². The van der Waals surface area contributed by atoms with Crippen molar-refractivity contribution in [2.75, 3.05) is 7.11 Å². The summed E-state index contributed by atoms with van der Waals surface area (Å²) < 4.78 is 12.4. The van der Waals surface area contributed by atoms with Gasteiger partial charge in [-0.1, -0.05) is 95.0 Å². The van der Waals surface area contributed by atoms with Crippen LogP contribution in [0.2, 0.25) is 5.02 Å². The number of hydrogen-bond acceptors (Lipinski definition) is 5. The minimum Gasteiger partial charge on any atom is -0.493 e. The Morgan fingerprint density at radius 1 is 0.833 bits per heavy atom. The standard InChI is InChI=1S/C42H48ClNO4/c1-25-16-17-26-12-10-11-15-29(26)30(25)24-48-40-31(43)18-27(19-36(40)47-6)37-38-32(20-41(2,3)22-34(38)45)44(28-13-8-7-9-14-28)33-21-42(4,5)23-35(46)39(33)37/h10-12,15-19,28,37H,7-9,13-14,20-24H2,1-6H3. The van der Waals surface area contributed by atoms with E-state index in [1.54, 1.807) is 7.11 Å². The maximum absolute atomic E-state index is 14.4. The molecule has 5 nitrogen and oxygen atoms in total. The number of carbonyl (C=O) groups is 2. The Bertz CT molecular complexity index is 1820. The number of fused-ring (bicyclic) bond motifs is 1. The number of ketones is 2. The molecule has 1 heterocycles. The average Bonchev–Trinajstić information content (AvgIpc) is 3.03. The van der Waals surface area contributed by atoms with Crippen molar-refractivity contribution in [2.45, 2.75) is 111 Å². The maximum atomic E-state index is 14.4. The molecule has 1 fully saturated rings. The van der Waals surface area contributed by atoms with Crippen molar-refractivity contribution in [3.63, 3.8) is 0 Å². The summed E-state index contributed by atoms with van der Waals surface area (Å²) in [4.78, 5) is 31.2. The number of halogens is 1. The van der Waals surface area contributed by atoms with Gasteiger partial charge in [-0.15, -0.1) is 0 Å². The van der Waals surface area contributed by atoms with E-state index < -0.39 is 5.92 Å². The molecule has 0 spiro atoms. The van der Waals surface area contributed by atoms with E-state index >= 15 is 0 Å². The monoisotopic (exact) mass is 665 g/mol. The van der Waals surface area contributed by atoms with Crippen molar-refractivity contribution in [1.82, 2.24) is 4.90 Å². The van der Waals surface area contributed by atoms with Crippen molar-refractivity contribution < 1.29 is 19.1 Å². The predicted octanol–water partition coefficient (Wildman–Crippen LogP) is 10.4. The van der Waals surface area contributed by atoms with Crippen molar-refractivity contribution in [1.29, 1.82) is 0 Å². The number of nitrogens with zero attached hydrogens (tertiary/aromatic N) is 1. The first-order chi connectivity index (χ1) is 22.9. The molecule has 0 atom stereocenters. The van der Waals surface area contributed by atoms with Gasteiger partial charge < -0.3 is 14.4 Å². The molecule has 6 heteroatoms. The highest BCUT2D eigenvalue weighted by Gasteiger charge is 2.50. The van der Waals surface area contributed by atoms with E-state index in [1.165, 1.54) is 19.3 Å². The van der Waals surface area contributed by atoms with Crippen LogP contribution < -0.4 is 9.47 Å². The van der Waals surface area contributed by atoms with Gasteiger partial charge in [0.2, 0.25) is 0 Å². The van der Waals surface area contributed by atoms with Gasteiger partial charge in [-0.2, -0.15) is 0 Å². The molecule has 4 aliphatic rings. The second kappa shape index (κ2) is 12.4. The number of hydrogen-bond donors (Lipinski definition) is 0. The fourth-order valence-electron chi connectivity index (χ4n) is 8.94. The molecular formula is C42H48ClNO4. The first kappa shape index (κ1) is 33.0. The number of rotatable bonds is 6. The van der Waals surface area contributed by atoms with Crippen LogP contribution in [-0.2, 0) is 16.2 Å². The van der Waals surface area contributed by atoms with Crippen molar-refractivity contribution in [2.24, 2.45) is 10.8 Å². The molecule has 7 rings (SSSR count). The van der Waals surface area contributed by atoms with Crippen molar-refractivity contribution >= 4 is 33.9 Å². The summed E-state index contributed by atoms with van der Waals surface area (Å²) in [6.07, 6.45) is 8.30. The fraction of sp³-hybridized carbons (Fsp3) is 0.476. The van der Waals surface area contributed by atoms with Crippen LogP contribution in [0, 0.1) is 17.8 Å². The highest BCUT2D eigenvalue weighted by molar-refractivity contribution is 6.32. The van der Waals surface area contributed by atoms with E-state index in [1.807, 2.05) is 24.3 Å². The topological polar surface area (TPSA) is 55.8 Å². The lowest BCUT2D eigenvalue weighted by Gasteiger charge is -2.52. The summed E-state index contributed by atoms with van der Waals surface area (Å²) in [5.41, 5.74) is 6.55. The SMILES string of the molecule is COc1cc(C2C3=C(CC(C)(C)CC3=O)N(C3CCCCC3)C3=C2C(=O)CC(C)(C)C3)cc(Cl)c1OCc1c(C)ccc2ccccc12. The van der Waals surface area contributed by atoms with Crippen LogP contribution in [0.3, 0.4) is 0 Å². The third kappa shape index (κ3) is 5.87. The number of methoxy groups -OCH3 is 1. The molecule has 0 unspecified atom stereocenters. The molecule has 1 aliphatic heterocycles. The molecule has 0 bridgehead atoms. The molecule has 48 heavy (non-hydrogen) atoms. The molecule has 1 saturated carbocycles. The van der Waals surface area contributed by atoms with Gasteiger partial charge in [0.15, 0.2) is 23.1 Å². The van der Waals surface area contributed by atoms with E-state index in [0.29, 0.717) is 42.0 Å². The molecule has 0 amide bonds. The Kier molecular flexibility index (Phi) is 8.51. The molecular weight excluding hydrogens is 618 g/mol. The third-order valence-corrected chi connectivity index (χ3v) is 11.4. The number of aryl methyl sites for hydroxylation is 1. The smallest absolute Gasteiger partial charge is 0.180 e. The van der Waals surface area contributed by atoms with Crippen LogP contribution in [0.15, 0.2) is 71.1 Å². The Balaban J connectivity index is 1.36. The molecule has 0 radical (unpaired) electrons. The Morgan fingerprint density at radius 2 is 1.46 bits per heavy atom. The summed E-state index contributed by atoms with van der Waals surface area (Å²) in [6.45, 7) is 11.2. The van der Waals surface area contributed by atoms with Crippen molar-refractivity contribution in [3.8, 4) is 11.5 Å². The van der Waals surface area contributed by atoms with Crippen LogP contribution in [0.25, 0.3) is 10.8 Å². The van der Waals surface area contributed by atoms with Gasteiger partial charge in [-0.05, 0) is 77.5 Å². The lowest BCUT2D eigenvalue weighted by Crippen LogP contribution is -2.48. The first-order valence-corrected chi connectivity index (χ1v) is 18.0. The number of carbonyl (C=O) groups excluding carboxylic acids is 2. The minimum atomic E-state index is -0.484. The van der Waals surface area contributed by atoms with Gasteiger partial charge in [-0.25, -0.2) is 0 Å². The molecule has 3 aliphatic carbocycles. The second-order valence-electron chi connectivity index (χ2n) is 16.1. The quantitative estimate of drug-likeness (QED) is 0.262. The van der Waals surface area contributed by atoms with Gasteiger partial charge in [0.1, 0.15) is 6.61 Å². The first-order valence-electron chi connectivity index (χ1n) is 17.7. The van der Waals surface area contributed by atoms with Gasteiger partial charge in [0.05, 0.1) is 12.1 Å². The highest BCUT2D eigenvalue weighted by atomic mass is 35.5. The number of allylic oxidation sites excluding steroid dienone is 4. The van der Waals surface area contributed by atoms with E-state index in [2.05, 4.69) is 63.8 Å². The molecule has 0 aromatic heterocycles. The number of benzene rings is 3. The lowest BCUT2D eigenvalue weighted by atomic mass is 9.63. The summed E-state index contributed by atoms with van der Waals surface area (Å²) in [5.74, 6) is 0.756. The van der Waals surface area contributed by atoms with Crippen LogP contribution in [0.1, 0.15) is 108 Å². The Hall–Kier alpha value is -3.57. The maximum Gasteiger partial charge on any atom is 0.180 e. The van der Waals surface area contributed by atoms with Gasteiger partial charge in [0, 0.05) is 52.9 Å². The predicted molar refractivity (Wildman–Crippen MR) is 193 cm³/mol. The van der Waals surface area contributed by atoms with Crippen molar-refractivity contribution in [3.05, 3.63) is 92.8 Å². The largest absolute Gasteiger partial charge is 0.493 e. The molecule has 3 aromatic carbocycles. The summed E-state index contributed by atoms with van der Waals surface area (Å²) >= 11 is 7.10. The zero-order valence-corrected chi connectivity index (χ0v) is 30.1. The van der Waals surface area contributed by atoms with Gasteiger partial charge in [0.25, 0.3) is 0 Å². The van der Waals surface area contributed by atoms with Crippen LogP contribution in [0.5, 0.6) is 11.5 Å². The van der Waals surface area contributed by atoms with E-state index in [4.69, 9.17) is 21.1 Å². The Morgan fingerprint density at radius 3 is 2.08 bits per heavy atom. The van der Waals surface area contributed by atoms with Gasteiger partial charge in [-0.3, -0.25) is 9.59 Å². The summed E-state index contributed by atoms with van der Waals surface area (Å²) in [6, 6.07) is 16.7. The lowest BCUT2D eigenvalue weighted by molar-refractivity contribution is -0.119. The Labute approximate surface area is 290 Å². The summed E-state index contributed by atoms with van der Waals surface area (Å²) in [7, 11) is 1.62. The summed E-state index contributed by atoms with van der Waals surface area (Å²) in [5, 5.41) is 2.71. The molecule has 0 saturated heterocycles. The molecule has 252 valence electrons. The second-order valence-corrected chi connectivity index (χ2v) is 16.5. The average molecular weight is 666 g/mol. The van der Waals surface area contributed by atoms with Crippen LogP contribution in [0.4, 0.5) is 0 Å². The van der Waals surface area contributed by atoms with E-state index in [0.717, 1.165) is 75.7 Å². The zero-order valence-electron chi connectivity index (χ0n) is 29.3.